The summed E-state index contributed by atoms with van der Waals surface area (Å²) in [5.74, 6) is 0.754. The summed E-state index contributed by atoms with van der Waals surface area (Å²) in [4.78, 5) is 2.52. The fourth-order valence-corrected chi connectivity index (χ4v) is 1.63. The zero-order valence-corrected chi connectivity index (χ0v) is 7.88. The van der Waals surface area contributed by atoms with E-state index in [1.807, 2.05) is 0 Å². The summed E-state index contributed by atoms with van der Waals surface area (Å²) in [6, 6.07) is 1.38. The van der Waals surface area contributed by atoms with E-state index in [2.05, 4.69) is 25.7 Å². The molecule has 0 aliphatic carbocycles. The zero-order chi connectivity index (χ0) is 8.43. The predicted octanol–water partition coefficient (Wildman–Crippen LogP) is 1.06. The van der Waals surface area contributed by atoms with Gasteiger partial charge in [-0.15, -0.1) is 0 Å². The van der Waals surface area contributed by atoms with Gasteiger partial charge in [0.25, 0.3) is 0 Å². The van der Waals surface area contributed by atoms with Gasteiger partial charge in [-0.05, 0) is 19.3 Å². The second-order valence-electron chi connectivity index (χ2n) is 3.90. The molecule has 0 saturated carbocycles. The van der Waals surface area contributed by atoms with Gasteiger partial charge in [0.2, 0.25) is 0 Å². The van der Waals surface area contributed by atoms with Crippen molar-refractivity contribution in [3.8, 4) is 0 Å². The van der Waals surface area contributed by atoms with E-state index in [0.29, 0.717) is 12.1 Å². The highest BCUT2D eigenvalue weighted by atomic mass is 15.2. The molecule has 0 spiro atoms. The number of likely N-dealkylation sites (tertiary alicyclic amines) is 1. The van der Waals surface area contributed by atoms with Gasteiger partial charge in [-0.2, -0.15) is 0 Å². The first kappa shape index (κ1) is 9.01. The van der Waals surface area contributed by atoms with E-state index in [-0.39, 0.29) is 0 Å². The molecule has 0 radical (unpaired) electrons. The highest BCUT2D eigenvalue weighted by Gasteiger charge is 2.31. The molecule has 1 aliphatic heterocycles. The van der Waals surface area contributed by atoms with Gasteiger partial charge in [0.15, 0.2) is 0 Å². The Bertz CT molecular complexity index is 121. The monoisotopic (exact) mass is 156 g/mol. The fourth-order valence-electron chi connectivity index (χ4n) is 1.63. The van der Waals surface area contributed by atoms with Crippen LogP contribution in [0.4, 0.5) is 0 Å². The average Bonchev–Trinajstić information content (AvgIpc) is 1.86. The van der Waals surface area contributed by atoms with Crippen molar-refractivity contribution in [1.29, 1.82) is 0 Å². The zero-order valence-electron chi connectivity index (χ0n) is 7.88. The van der Waals surface area contributed by atoms with Crippen molar-refractivity contribution >= 4 is 0 Å². The Balaban J connectivity index is 2.35. The van der Waals surface area contributed by atoms with Crippen LogP contribution in [0, 0.1) is 5.92 Å². The lowest BCUT2D eigenvalue weighted by atomic mass is 9.95. The molecule has 1 fully saturated rings. The summed E-state index contributed by atoms with van der Waals surface area (Å²) in [6.07, 6.45) is 1.30. The highest BCUT2D eigenvalue weighted by molar-refractivity contribution is 4.87. The van der Waals surface area contributed by atoms with Crippen LogP contribution >= 0.6 is 0 Å². The van der Waals surface area contributed by atoms with E-state index in [1.54, 1.807) is 0 Å². The molecule has 0 amide bonds. The maximum atomic E-state index is 5.62. The van der Waals surface area contributed by atoms with E-state index in [9.17, 15) is 0 Å². The lowest BCUT2D eigenvalue weighted by Crippen LogP contribution is -2.56. The van der Waals surface area contributed by atoms with E-state index in [0.717, 1.165) is 12.5 Å². The molecule has 2 atom stereocenters. The van der Waals surface area contributed by atoms with E-state index in [1.165, 1.54) is 13.0 Å². The number of rotatable bonds is 3. The topological polar surface area (TPSA) is 29.3 Å². The molecule has 1 heterocycles. The molecule has 0 aromatic rings. The van der Waals surface area contributed by atoms with Crippen molar-refractivity contribution in [2.75, 3.05) is 13.1 Å². The number of nitrogens with zero attached hydrogens (tertiary/aromatic N) is 1. The molecule has 2 heteroatoms. The fraction of sp³-hybridized carbons (Fsp3) is 1.00. The second kappa shape index (κ2) is 3.55. The molecule has 1 rings (SSSR count). The van der Waals surface area contributed by atoms with Gasteiger partial charge >= 0.3 is 0 Å². The maximum absolute atomic E-state index is 5.62. The van der Waals surface area contributed by atoms with Crippen molar-refractivity contribution in [3.63, 3.8) is 0 Å². The van der Waals surface area contributed by atoms with Crippen molar-refractivity contribution in [3.05, 3.63) is 0 Å². The Morgan fingerprint density at radius 3 is 2.36 bits per heavy atom. The molecule has 0 aromatic carbocycles. The number of hydrogen-bond donors (Lipinski definition) is 1. The molecular weight excluding hydrogens is 136 g/mol. The first-order valence-electron chi connectivity index (χ1n) is 4.62. The lowest BCUT2D eigenvalue weighted by molar-refractivity contribution is 0.0338. The van der Waals surface area contributed by atoms with Crippen molar-refractivity contribution in [2.24, 2.45) is 11.7 Å². The van der Waals surface area contributed by atoms with Crippen LogP contribution in [-0.2, 0) is 0 Å². The molecule has 2 N–H and O–H groups in total. The minimum Gasteiger partial charge on any atom is -0.329 e. The summed E-state index contributed by atoms with van der Waals surface area (Å²) in [6.45, 7) is 8.93. The van der Waals surface area contributed by atoms with Gasteiger partial charge in [-0.1, -0.05) is 13.8 Å². The predicted molar refractivity (Wildman–Crippen MR) is 48.5 cm³/mol. The normalized spacial score (nSPS) is 28.6. The molecule has 0 aromatic heterocycles. The standard InChI is InChI=1S/C9H20N2/c1-7(2)8(3)11-5-4-9(11)6-10/h7-9H,4-6,10H2,1-3H3. The molecule has 2 unspecified atom stereocenters. The molecule has 11 heavy (non-hydrogen) atoms. The third-order valence-corrected chi connectivity index (χ3v) is 2.95. The van der Waals surface area contributed by atoms with Gasteiger partial charge in [0.1, 0.15) is 0 Å². The SMILES string of the molecule is CC(C)C(C)N1CCC1CN. The van der Waals surface area contributed by atoms with Crippen LogP contribution in [-0.4, -0.2) is 30.1 Å². The Morgan fingerprint density at radius 2 is 2.09 bits per heavy atom. The van der Waals surface area contributed by atoms with Crippen molar-refractivity contribution in [2.45, 2.75) is 39.3 Å². The van der Waals surface area contributed by atoms with Gasteiger partial charge in [-0.3, -0.25) is 4.90 Å². The lowest BCUT2D eigenvalue weighted by Gasteiger charge is -2.46. The van der Waals surface area contributed by atoms with Crippen LogP contribution in [0.1, 0.15) is 27.2 Å². The Labute approximate surface area is 69.8 Å². The summed E-state index contributed by atoms with van der Waals surface area (Å²) in [5, 5.41) is 0. The Morgan fingerprint density at radius 1 is 1.45 bits per heavy atom. The van der Waals surface area contributed by atoms with Crippen molar-refractivity contribution in [1.82, 2.24) is 4.90 Å². The van der Waals surface area contributed by atoms with Crippen LogP contribution in [0.15, 0.2) is 0 Å². The third kappa shape index (κ3) is 1.74. The van der Waals surface area contributed by atoms with Crippen LogP contribution in [0.5, 0.6) is 0 Å². The Hall–Kier alpha value is -0.0800. The summed E-state index contributed by atoms with van der Waals surface area (Å²) >= 11 is 0. The van der Waals surface area contributed by atoms with Crippen LogP contribution < -0.4 is 5.73 Å². The molecule has 1 saturated heterocycles. The maximum Gasteiger partial charge on any atom is 0.0233 e. The third-order valence-electron chi connectivity index (χ3n) is 2.95. The quantitative estimate of drug-likeness (QED) is 0.662. The van der Waals surface area contributed by atoms with Crippen LogP contribution in [0.2, 0.25) is 0 Å². The highest BCUT2D eigenvalue weighted by Crippen LogP contribution is 2.23. The first-order valence-corrected chi connectivity index (χ1v) is 4.62. The van der Waals surface area contributed by atoms with Gasteiger partial charge in [0.05, 0.1) is 0 Å². The van der Waals surface area contributed by atoms with E-state index in [4.69, 9.17) is 5.73 Å². The number of nitrogens with two attached hydrogens (primary N) is 1. The minimum atomic E-state index is 0.674. The smallest absolute Gasteiger partial charge is 0.0233 e. The van der Waals surface area contributed by atoms with Gasteiger partial charge in [-0.25, -0.2) is 0 Å². The van der Waals surface area contributed by atoms with Gasteiger partial charge in [0, 0.05) is 25.2 Å². The second-order valence-corrected chi connectivity index (χ2v) is 3.90. The van der Waals surface area contributed by atoms with Gasteiger partial charge < -0.3 is 5.73 Å². The molecule has 1 aliphatic rings. The molecule has 66 valence electrons. The van der Waals surface area contributed by atoms with E-state index >= 15 is 0 Å². The number of hydrogen-bond acceptors (Lipinski definition) is 2. The molecule has 2 nitrogen and oxygen atoms in total. The Kier molecular flexibility index (Phi) is 2.90. The average molecular weight is 156 g/mol. The molecule has 0 bridgehead atoms. The van der Waals surface area contributed by atoms with Crippen molar-refractivity contribution < 1.29 is 0 Å². The first-order chi connectivity index (χ1) is 5.16. The van der Waals surface area contributed by atoms with Crippen LogP contribution in [0.3, 0.4) is 0 Å². The molecular formula is C9H20N2. The summed E-state index contributed by atoms with van der Waals surface area (Å²) in [7, 11) is 0. The largest absolute Gasteiger partial charge is 0.329 e. The van der Waals surface area contributed by atoms with E-state index < -0.39 is 0 Å². The summed E-state index contributed by atoms with van der Waals surface area (Å²) < 4.78 is 0. The van der Waals surface area contributed by atoms with Crippen LogP contribution in [0.25, 0.3) is 0 Å². The summed E-state index contributed by atoms with van der Waals surface area (Å²) in [5.41, 5.74) is 5.62. The minimum absolute atomic E-state index is 0.674.